The van der Waals surface area contributed by atoms with Crippen LogP contribution in [0, 0.1) is 5.92 Å². The zero-order chi connectivity index (χ0) is 22.8. The van der Waals surface area contributed by atoms with Crippen LogP contribution < -0.4 is 10.1 Å². The van der Waals surface area contributed by atoms with Gasteiger partial charge in [0.1, 0.15) is 17.8 Å². The molecule has 0 spiro atoms. The number of rotatable bonds is 5. The average Bonchev–Trinajstić information content (AvgIpc) is 3.18. The lowest BCUT2D eigenvalue weighted by Crippen LogP contribution is -2.53. The number of nitrogens with zero attached hydrogens (tertiary/aromatic N) is 2. The minimum atomic E-state index is -4.90. The molecule has 2 heterocycles. The molecule has 8 nitrogen and oxygen atoms in total. The molecule has 2 atom stereocenters. The summed E-state index contributed by atoms with van der Waals surface area (Å²) in [6, 6.07) is 3.13. The van der Waals surface area contributed by atoms with Crippen molar-refractivity contribution < 1.29 is 32.2 Å². The molecule has 168 valence electrons. The van der Waals surface area contributed by atoms with E-state index < -0.39 is 36.2 Å². The molecule has 3 rings (SSSR count). The minimum absolute atomic E-state index is 0.127. The molecule has 0 saturated carbocycles. The number of hydrogen-bond acceptors (Lipinski definition) is 5. The van der Waals surface area contributed by atoms with Crippen molar-refractivity contribution in [2.24, 2.45) is 5.92 Å². The molecule has 31 heavy (non-hydrogen) atoms. The summed E-state index contributed by atoms with van der Waals surface area (Å²) < 4.78 is 47.9. The van der Waals surface area contributed by atoms with Gasteiger partial charge in [-0.2, -0.15) is 0 Å². The number of esters is 1. The van der Waals surface area contributed by atoms with Gasteiger partial charge in [0.2, 0.25) is 0 Å². The number of methoxy groups -OCH3 is 1. The Kier molecular flexibility index (Phi) is 6.42. The number of carbonyl (C=O) groups excluding carboxylic acids is 2. The van der Waals surface area contributed by atoms with Crippen LogP contribution in [-0.4, -0.2) is 52.9 Å². The van der Waals surface area contributed by atoms with Gasteiger partial charge in [-0.25, -0.2) is 14.6 Å². The number of H-pyrrole nitrogens is 1. The maximum absolute atomic E-state index is 13.2. The number of fused-ring (bicyclic) bond motifs is 1. The number of aromatic nitrogens is 2. The summed E-state index contributed by atoms with van der Waals surface area (Å²) in [5.41, 5.74) is 1.25. The number of ether oxygens (including phenoxy) is 2. The molecule has 2 aromatic rings. The van der Waals surface area contributed by atoms with E-state index in [0.29, 0.717) is 17.8 Å². The maximum atomic E-state index is 13.2. The van der Waals surface area contributed by atoms with Crippen LogP contribution in [-0.2, 0) is 16.0 Å². The Morgan fingerprint density at radius 1 is 1.29 bits per heavy atom. The number of amides is 2. The molecule has 1 aromatic carbocycles. The predicted octanol–water partition coefficient (Wildman–Crippen LogP) is 3.16. The second-order valence-electron chi connectivity index (χ2n) is 7.39. The summed E-state index contributed by atoms with van der Waals surface area (Å²) in [6.45, 7) is 3.68. The summed E-state index contributed by atoms with van der Waals surface area (Å²) in [6.07, 6.45) is -3.05. The average molecular weight is 440 g/mol. The Hall–Kier alpha value is -3.24. The molecule has 0 unspecified atom stereocenters. The molecule has 0 bridgehead atoms. The Bertz CT molecular complexity index is 945. The summed E-state index contributed by atoms with van der Waals surface area (Å²) in [4.78, 5) is 33.8. The molecule has 0 aliphatic carbocycles. The smallest absolute Gasteiger partial charge is 0.467 e. The van der Waals surface area contributed by atoms with Gasteiger partial charge >= 0.3 is 18.4 Å². The number of hydrogen-bond donors (Lipinski definition) is 2. The molecule has 2 N–H and O–H groups in total. The fourth-order valence-corrected chi connectivity index (χ4v) is 3.58. The van der Waals surface area contributed by atoms with Crippen LogP contribution in [0.15, 0.2) is 30.6 Å². The summed E-state index contributed by atoms with van der Waals surface area (Å²) in [5, 5.41) is 2.64. The van der Waals surface area contributed by atoms with Crippen molar-refractivity contribution in [1.29, 1.82) is 0 Å². The second-order valence-corrected chi connectivity index (χ2v) is 7.39. The van der Waals surface area contributed by atoms with Crippen molar-refractivity contribution in [2.45, 2.75) is 38.7 Å². The van der Waals surface area contributed by atoms with Gasteiger partial charge in [-0.05, 0) is 12.0 Å². The highest BCUT2D eigenvalue weighted by molar-refractivity contribution is 5.84. The number of urea groups is 1. The number of benzene rings is 1. The summed E-state index contributed by atoms with van der Waals surface area (Å²) in [7, 11) is 1.22. The zero-order valence-corrected chi connectivity index (χ0v) is 17.2. The fourth-order valence-electron chi connectivity index (χ4n) is 3.58. The lowest BCUT2D eigenvalue weighted by atomic mass is 9.95. The van der Waals surface area contributed by atoms with Gasteiger partial charge in [0.15, 0.2) is 0 Å². The van der Waals surface area contributed by atoms with Crippen molar-refractivity contribution in [3.63, 3.8) is 0 Å². The first-order valence-corrected chi connectivity index (χ1v) is 9.64. The standard InChI is InChI=1S/C20H23F3N4O4/c1-11(2)15(18(28)30-3)26-19(29)27-9-8-13-16(25-10-24-13)17(27)12-6-4-5-7-14(12)31-20(21,22)23/h4-7,10-11,15,17H,8-9H2,1-3H3,(H,24,25)(H,26,29)/t15-,17+/m1/s1. The Morgan fingerprint density at radius 3 is 2.65 bits per heavy atom. The molecule has 0 fully saturated rings. The Balaban J connectivity index is 2.00. The van der Waals surface area contributed by atoms with Crippen LogP contribution in [0.2, 0.25) is 0 Å². The Morgan fingerprint density at radius 2 is 2.00 bits per heavy atom. The SMILES string of the molecule is COC(=O)[C@H](NC(=O)N1CCc2[nH]cnc2[C@@H]1c1ccccc1OC(F)(F)F)C(C)C. The third-order valence-corrected chi connectivity index (χ3v) is 5.03. The van der Waals surface area contributed by atoms with Crippen LogP contribution in [0.1, 0.15) is 36.8 Å². The van der Waals surface area contributed by atoms with E-state index in [9.17, 15) is 22.8 Å². The van der Waals surface area contributed by atoms with Gasteiger partial charge in [-0.15, -0.1) is 13.2 Å². The van der Waals surface area contributed by atoms with Crippen LogP contribution in [0.5, 0.6) is 5.75 Å². The topological polar surface area (TPSA) is 96.6 Å². The number of imidazole rings is 1. The third-order valence-electron chi connectivity index (χ3n) is 5.03. The van der Waals surface area contributed by atoms with Crippen molar-refractivity contribution in [2.75, 3.05) is 13.7 Å². The highest BCUT2D eigenvalue weighted by Crippen LogP contribution is 2.39. The quantitative estimate of drug-likeness (QED) is 0.697. The zero-order valence-electron chi connectivity index (χ0n) is 17.2. The van der Waals surface area contributed by atoms with Crippen molar-refractivity contribution in [1.82, 2.24) is 20.2 Å². The molecule has 1 aliphatic rings. The summed E-state index contributed by atoms with van der Waals surface area (Å²) >= 11 is 0. The number of halogens is 3. The first-order valence-electron chi connectivity index (χ1n) is 9.64. The Labute approximate surface area is 176 Å². The first-order chi connectivity index (χ1) is 14.6. The predicted molar refractivity (Wildman–Crippen MR) is 103 cm³/mol. The van der Waals surface area contributed by atoms with Crippen LogP contribution in [0.25, 0.3) is 0 Å². The van der Waals surface area contributed by atoms with Gasteiger partial charge in [0.25, 0.3) is 0 Å². The van der Waals surface area contributed by atoms with E-state index in [2.05, 4.69) is 20.0 Å². The maximum Gasteiger partial charge on any atom is 0.573 e. The first kappa shape index (κ1) is 22.4. The van der Waals surface area contributed by atoms with Crippen LogP contribution >= 0.6 is 0 Å². The van der Waals surface area contributed by atoms with Crippen molar-refractivity contribution in [3.8, 4) is 5.75 Å². The molecule has 2 amide bonds. The normalized spacial score (nSPS) is 17.1. The van der Waals surface area contributed by atoms with Crippen molar-refractivity contribution in [3.05, 3.63) is 47.5 Å². The lowest BCUT2D eigenvalue weighted by molar-refractivity contribution is -0.275. The van der Waals surface area contributed by atoms with E-state index in [1.165, 1.54) is 36.5 Å². The van der Waals surface area contributed by atoms with Gasteiger partial charge in [0.05, 0.1) is 19.1 Å². The highest BCUT2D eigenvalue weighted by Gasteiger charge is 2.39. The van der Waals surface area contributed by atoms with E-state index >= 15 is 0 Å². The van der Waals surface area contributed by atoms with Gasteiger partial charge < -0.3 is 24.7 Å². The van der Waals surface area contributed by atoms with E-state index in [-0.39, 0.29) is 18.0 Å². The van der Waals surface area contributed by atoms with E-state index in [0.717, 1.165) is 0 Å². The van der Waals surface area contributed by atoms with Crippen LogP contribution in [0.3, 0.4) is 0 Å². The number of nitrogens with one attached hydrogen (secondary N) is 2. The number of carbonyl (C=O) groups is 2. The molecule has 11 heteroatoms. The van der Waals surface area contributed by atoms with Crippen LogP contribution in [0.4, 0.5) is 18.0 Å². The van der Waals surface area contributed by atoms with Gasteiger partial charge in [-0.1, -0.05) is 32.0 Å². The lowest BCUT2D eigenvalue weighted by Gasteiger charge is -2.37. The van der Waals surface area contributed by atoms with Gasteiger partial charge in [-0.3, -0.25) is 0 Å². The minimum Gasteiger partial charge on any atom is -0.467 e. The number of aromatic amines is 1. The monoisotopic (exact) mass is 440 g/mol. The molecular formula is C20H23F3N4O4. The molecule has 0 saturated heterocycles. The molecule has 1 aliphatic heterocycles. The third kappa shape index (κ3) is 4.92. The van der Waals surface area contributed by atoms with E-state index in [1.807, 2.05) is 0 Å². The van der Waals surface area contributed by atoms with Crippen molar-refractivity contribution >= 4 is 12.0 Å². The van der Waals surface area contributed by atoms with E-state index in [4.69, 9.17) is 4.74 Å². The summed E-state index contributed by atoms with van der Waals surface area (Å²) in [5.74, 6) is -1.30. The fraction of sp³-hybridized carbons (Fsp3) is 0.450. The molecule has 1 aromatic heterocycles. The number of alkyl halides is 3. The van der Waals surface area contributed by atoms with Gasteiger partial charge in [0, 0.05) is 24.2 Å². The second kappa shape index (κ2) is 8.86. The highest BCUT2D eigenvalue weighted by atomic mass is 19.4. The molecular weight excluding hydrogens is 417 g/mol. The van der Waals surface area contributed by atoms with E-state index in [1.54, 1.807) is 19.9 Å². The molecule has 0 radical (unpaired) electrons. The largest absolute Gasteiger partial charge is 0.573 e. The number of para-hydroxylation sites is 1.